The van der Waals surface area contributed by atoms with Crippen molar-refractivity contribution in [2.45, 2.75) is 51.5 Å². The van der Waals surface area contributed by atoms with Crippen molar-refractivity contribution in [2.24, 2.45) is 0 Å². The molecule has 1 aromatic carbocycles. The molecule has 0 bridgehead atoms. The molecule has 0 aromatic heterocycles. The van der Waals surface area contributed by atoms with Gasteiger partial charge in [-0.25, -0.2) is 4.79 Å². The van der Waals surface area contributed by atoms with E-state index < -0.39 is 0 Å². The smallest absolute Gasteiger partial charge is 0.319 e. The van der Waals surface area contributed by atoms with E-state index in [0.717, 1.165) is 38.0 Å². The molecule has 4 heteroatoms. The van der Waals surface area contributed by atoms with Crippen molar-refractivity contribution in [1.82, 2.24) is 10.2 Å². The maximum atomic E-state index is 12.2. The van der Waals surface area contributed by atoms with Crippen LogP contribution in [0.25, 0.3) is 0 Å². The van der Waals surface area contributed by atoms with Gasteiger partial charge in [-0.05, 0) is 68.3 Å². The maximum absolute atomic E-state index is 12.2. The molecular formula is C18H27N3O. The minimum Gasteiger partial charge on any atom is -0.335 e. The summed E-state index contributed by atoms with van der Waals surface area (Å²) in [6.07, 6.45) is 6.87. The Morgan fingerprint density at radius 3 is 2.77 bits per heavy atom. The molecule has 2 aliphatic rings. The zero-order valence-corrected chi connectivity index (χ0v) is 13.5. The van der Waals surface area contributed by atoms with E-state index in [2.05, 4.69) is 34.6 Å². The molecule has 3 rings (SSSR count). The van der Waals surface area contributed by atoms with Crippen molar-refractivity contribution >= 4 is 11.7 Å². The second-order valence-electron chi connectivity index (χ2n) is 6.55. The van der Waals surface area contributed by atoms with E-state index in [1.807, 2.05) is 6.07 Å². The molecule has 0 unspecified atom stereocenters. The van der Waals surface area contributed by atoms with Crippen molar-refractivity contribution in [3.63, 3.8) is 0 Å². The fraction of sp³-hybridized carbons (Fsp3) is 0.611. The van der Waals surface area contributed by atoms with Crippen LogP contribution in [0.2, 0.25) is 0 Å². The number of carbonyl (C=O) groups excluding carboxylic acids is 1. The Balaban J connectivity index is 1.47. The second-order valence-corrected chi connectivity index (χ2v) is 6.55. The number of rotatable bonds is 4. The molecule has 1 fully saturated rings. The summed E-state index contributed by atoms with van der Waals surface area (Å²) >= 11 is 0. The van der Waals surface area contributed by atoms with Crippen molar-refractivity contribution in [2.75, 3.05) is 25.0 Å². The molecule has 2 amide bonds. The Morgan fingerprint density at radius 2 is 2.00 bits per heavy atom. The minimum atomic E-state index is -0.0631. The van der Waals surface area contributed by atoms with Crippen LogP contribution in [0.15, 0.2) is 18.2 Å². The van der Waals surface area contributed by atoms with Gasteiger partial charge in [0.15, 0.2) is 0 Å². The predicted octanol–water partition coefficient (Wildman–Crippen LogP) is 3.17. The van der Waals surface area contributed by atoms with Gasteiger partial charge in [-0.15, -0.1) is 0 Å². The number of urea groups is 1. The number of carbonyl (C=O) groups is 1. The van der Waals surface area contributed by atoms with Crippen LogP contribution < -0.4 is 10.6 Å². The Labute approximate surface area is 133 Å². The van der Waals surface area contributed by atoms with E-state index in [-0.39, 0.29) is 6.03 Å². The lowest BCUT2D eigenvalue weighted by Gasteiger charge is -2.32. The van der Waals surface area contributed by atoms with Gasteiger partial charge >= 0.3 is 6.03 Å². The average molecular weight is 301 g/mol. The highest BCUT2D eigenvalue weighted by molar-refractivity contribution is 5.89. The molecule has 0 saturated carbocycles. The van der Waals surface area contributed by atoms with Gasteiger partial charge in [0.1, 0.15) is 0 Å². The first kappa shape index (κ1) is 15.3. The molecular weight excluding hydrogens is 274 g/mol. The number of piperidine rings is 1. The average Bonchev–Trinajstić information content (AvgIpc) is 2.97. The van der Waals surface area contributed by atoms with Crippen LogP contribution in [0.1, 0.15) is 43.7 Å². The minimum absolute atomic E-state index is 0.0631. The van der Waals surface area contributed by atoms with Crippen molar-refractivity contribution in [3.05, 3.63) is 29.3 Å². The fourth-order valence-electron chi connectivity index (χ4n) is 3.62. The molecule has 0 spiro atoms. The highest BCUT2D eigenvalue weighted by atomic mass is 16.2. The monoisotopic (exact) mass is 301 g/mol. The first-order valence-corrected chi connectivity index (χ1v) is 8.66. The summed E-state index contributed by atoms with van der Waals surface area (Å²) in [6, 6.07) is 6.55. The van der Waals surface area contributed by atoms with Gasteiger partial charge in [0, 0.05) is 24.8 Å². The number of nitrogens with zero attached hydrogens (tertiary/aromatic N) is 1. The van der Waals surface area contributed by atoms with E-state index >= 15 is 0 Å². The molecule has 1 saturated heterocycles. The molecule has 120 valence electrons. The topological polar surface area (TPSA) is 44.4 Å². The highest BCUT2D eigenvalue weighted by Crippen LogP contribution is 2.24. The van der Waals surface area contributed by atoms with E-state index in [4.69, 9.17) is 0 Å². The number of benzene rings is 1. The third-order valence-electron chi connectivity index (χ3n) is 4.82. The quantitative estimate of drug-likeness (QED) is 0.897. The van der Waals surface area contributed by atoms with Crippen molar-refractivity contribution in [3.8, 4) is 0 Å². The maximum Gasteiger partial charge on any atom is 0.319 e. The van der Waals surface area contributed by atoms with Crippen LogP contribution >= 0.6 is 0 Å². The second kappa shape index (κ2) is 7.14. The molecule has 1 aliphatic heterocycles. The number of anilines is 1. The molecule has 0 atom stereocenters. The molecule has 0 radical (unpaired) electrons. The van der Waals surface area contributed by atoms with Gasteiger partial charge in [-0.1, -0.05) is 13.0 Å². The van der Waals surface area contributed by atoms with Gasteiger partial charge in [-0.3, -0.25) is 0 Å². The normalized spacial score (nSPS) is 19.0. The zero-order valence-electron chi connectivity index (χ0n) is 13.5. The summed E-state index contributed by atoms with van der Waals surface area (Å²) < 4.78 is 0. The number of amides is 2. The first-order chi connectivity index (χ1) is 10.7. The van der Waals surface area contributed by atoms with Crippen molar-refractivity contribution < 1.29 is 4.79 Å². The van der Waals surface area contributed by atoms with Crippen LogP contribution in [-0.4, -0.2) is 36.6 Å². The lowest BCUT2D eigenvalue weighted by molar-refractivity contribution is 0.196. The van der Waals surface area contributed by atoms with Gasteiger partial charge in [0.2, 0.25) is 0 Å². The van der Waals surface area contributed by atoms with E-state index in [9.17, 15) is 4.79 Å². The number of nitrogens with one attached hydrogen (secondary N) is 2. The number of likely N-dealkylation sites (tertiary alicyclic amines) is 1. The number of hydrogen-bond donors (Lipinski definition) is 2. The van der Waals surface area contributed by atoms with E-state index in [1.165, 1.54) is 36.9 Å². The summed E-state index contributed by atoms with van der Waals surface area (Å²) in [6.45, 7) is 5.58. The number of aryl methyl sites for hydroxylation is 2. The summed E-state index contributed by atoms with van der Waals surface area (Å²) in [5.74, 6) is 0. The van der Waals surface area contributed by atoms with Crippen LogP contribution in [0.4, 0.5) is 10.5 Å². The fourth-order valence-corrected chi connectivity index (χ4v) is 3.62. The largest absolute Gasteiger partial charge is 0.335 e. The standard InChI is InChI=1S/C18H27N3O/c1-2-10-21-11-8-16(9-12-21)19-18(22)20-17-7-6-14-4-3-5-15(14)13-17/h6-7,13,16H,2-5,8-12H2,1H3,(H2,19,20,22). The number of fused-ring (bicyclic) bond motifs is 1. The first-order valence-electron chi connectivity index (χ1n) is 8.66. The Kier molecular flexibility index (Phi) is 4.98. The molecule has 2 N–H and O–H groups in total. The summed E-state index contributed by atoms with van der Waals surface area (Å²) in [4.78, 5) is 14.6. The van der Waals surface area contributed by atoms with Crippen LogP contribution in [0.3, 0.4) is 0 Å². The number of hydrogen-bond acceptors (Lipinski definition) is 2. The van der Waals surface area contributed by atoms with E-state index in [0.29, 0.717) is 6.04 Å². The van der Waals surface area contributed by atoms with Gasteiger partial charge in [-0.2, -0.15) is 0 Å². The summed E-state index contributed by atoms with van der Waals surface area (Å²) in [5.41, 5.74) is 3.75. The van der Waals surface area contributed by atoms with Gasteiger partial charge in [0.05, 0.1) is 0 Å². The molecule has 1 aromatic rings. The lowest BCUT2D eigenvalue weighted by Crippen LogP contribution is -2.46. The third-order valence-corrected chi connectivity index (χ3v) is 4.82. The van der Waals surface area contributed by atoms with Crippen molar-refractivity contribution in [1.29, 1.82) is 0 Å². The molecule has 1 aliphatic carbocycles. The summed E-state index contributed by atoms with van der Waals surface area (Å²) in [7, 11) is 0. The summed E-state index contributed by atoms with van der Waals surface area (Å²) in [5, 5.41) is 6.11. The van der Waals surface area contributed by atoms with Gasteiger partial charge < -0.3 is 15.5 Å². The Bertz CT molecular complexity index is 521. The molecule has 4 nitrogen and oxygen atoms in total. The van der Waals surface area contributed by atoms with Crippen LogP contribution in [0, 0.1) is 0 Å². The predicted molar refractivity (Wildman–Crippen MR) is 90.4 cm³/mol. The Morgan fingerprint density at radius 1 is 1.23 bits per heavy atom. The molecule has 22 heavy (non-hydrogen) atoms. The highest BCUT2D eigenvalue weighted by Gasteiger charge is 2.20. The van der Waals surface area contributed by atoms with E-state index in [1.54, 1.807) is 0 Å². The zero-order chi connectivity index (χ0) is 15.4. The SMILES string of the molecule is CCCN1CCC(NC(=O)Nc2ccc3c(c2)CCC3)CC1. The third kappa shape index (κ3) is 3.80. The van der Waals surface area contributed by atoms with Gasteiger partial charge in [0.25, 0.3) is 0 Å². The molecule has 1 heterocycles. The lowest BCUT2D eigenvalue weighted by atomic mass is 10.1. The Hall–Kier alpha value is -1.55. The van der Waals surface area contributed by atoms with Crippen LogP contribution in [-0.2, 0) is 12.8 Å². The van der Waals surface area contributed by atoms with Crippen LogP contribution in [0.5, 0.6) is 0 Å².